The molecule has 0 fully saturated rings. The summed E-state index contributed by atoms with van der Waals surface area (Å²) in [7, 11) is 0. The van der Waals surface area contributed by atoms with E-state index in [1.165, 1.54) is 10.4 Å². The van der Waals surface area contributed by atoms with Gasteiger partial charge in [0.2, 0.25) is 0 Å². The number of carbonyl (C=O) groups is 1. The molecule has 1 unspecified atom stereocenters. The zero-order valence-electron chi connectivity index (χ0n) is 9.71. The van der Waals surface area contributed by atoms with E-state index in [1.54, 1.807) is 11.3 Å². The summed E-state index contributed by atoms with van der Waals surface area (Å²) in [5.74, 6) is -0.187. The van der Waals surface area contributed by atoms with Gasteiger partial charge in [0.25, 0.3) is 0 Å². The number of ether oxygens (including phenoxy) is 1. The Morgan fingerprint density at radius 2 is 2.38 bits per heavy atom. The molecule has 2 rings (SSSR count). The zero-order valence-corrected chi connectivity index (χ0v) is 10.5. The number of fused-ring (bicyclic) bond motifs is 1. The Labute approximate surface area is 99.6 Å². The van der Waals surface area contributed by atoms with E-state index >= 15 is 0 Å². The highest BCUT2D eigenvalue weighted by Gasteiger charge is 2.25. The van der Waals surface area contributed by atoms with Crippen LogP contribution in [0.3, 0.4) is 0 Å². The van der Waals surface area contributed by atoms with Crippen molar-refractivity contribution in [1.82, 2.24) is 0 Å². The summed E-state index contributed by atoms with van der Waals surface area (Å²) in [6.45, 7) is 4.26. The van der Waals surface area contributed by atoms with Crippen molar-refractivity contribution in [2.75, 3.05) is 6.61 Å². The van der Waals surface area contributed by atoms with Gasteiger partial charge >= 0.3 is 5.97 Å². The van der Waals surface area contributed by atoms with Crippen molar-refractivity contribution in [3.63, 3.8) is 0 Å². The lowest BCUT2D eigenvalue weighted by atomic mass is 9.92. The normalized spacial score (nSPS) is 19.3. The molecule has 2 N–H and O–H groups in total. The molecule has 4 heteroatoms. The van der Waals surface area contributed by atoms with Gasteiger partial charge in [0.15, 0.2) is 0 Å². The summed E-state index contributed by atoms with van der Waals surface area (Å²) < 4.78 is 5.05. The number of rotatable bonds is 2. The van der Waals surface area contributed by atoms with E-state index in [0.717, 1.165) is 29.7 Å². The molecule has 0 saturated heterocycles. The first-order valence-corrected chi connectivity index (χ1v) is 6.49. The third kappa shape index (κ3) is 1.99. The van der Waals surface area contributed by atoms with Gasteiger partial charge in [-0.3, -0.25) is 0 Å². The molecule has 0 aromatic carbocycles. The molecular formula is C12H17NO2S. The van der Waals surface area contributed by atoms with Crippen LogP contribution in [0.5, 0.6) is 0 Å². The maximum atomic E-state index is 11.7. The minimum Gasteiger partial charge on any atom is -0.462 e. The molecule has 0 radical (unpaired) electrons. The lowest BCUT2D eigenvalue weighted by Gasteiger charge is -2.18. The minimum atomic E-state index is -0.187. The van der Waals surface area contributed by atoms with Crippen LogP contribution >= 0.6 is 11.3 Å². The van der Waals surface area contributed by atoms with Crippen LogP contribution in [0.2, 0.25) is 0 Å². The molecule has 1 aliphatic carbocycles. The zero-order chi connectivity index (χ0) is 11.7. The molecule has 1 aromatic heterocycles. The first-order chi connectivity index (χ1) is 7.63. The van der Waals surface area contributed by atoms with Crippen LogP contribution in [0, 0.1) is 6.92 Å². The van der Waals surface area contributed by atoms with Gasteiger partial charge in [-0.2, -0.15) is 0 Å². The van der Waals surface area contributed by atoms with E-state index in [9.17, 15) is 4.79 Å². The molecule has 3 nitrogen and oxygen atoms in total. The number of hydrogen-bond acceptors (Lipinski definition) is 4. The summed E-state index contributed by atoms with van der Waals surface area (Å²) in [5.41, 5.74) is 8.31. The second-order valence-corrected chi connectivity index (χ2v) is 5.29. The summed E-state index contributed by atoms with van der Waals surface area (Å²) in [6.07, 6.45) is 2.92. The third-order valence-corrected chi connectivity index (χ3v) is 4.40. The average Bonchev–Trinajstić information content (AvgIpc) is 2.57. The Bertz CT molecular complexity index is 411. The van der Waals surface area contributed by atoms with Crippen LogP contribution < -0.4 is 5.73 Å². The first kappa shape index (κ1) is 11.6. The van der Waals surface area contributed by atoms with Crippen LogP contribution in [0.25, 0.3) is 0 Å². The Morgan fingerprint density at radius 1 is 1.62 bits per heavy atom. The van der Waals surface area contributed by atoms with Crippen LogP contribution in [-0.2, 0) is 17.6 Å². The van der Waals surface area contributed by atoms with Crippen molar-refractivity contribution < 1.29 is 9.53 Å². The fourth-order valence-corrected chi connectivity index (χ4v) is 3.39. The van der Waals surface area contributed by atoms with Crippen molar-refractivity contribution >= 4 is 17.3 Å². The van der Waals surface area contributed by atoms with Crippen molar-refractivity contribution in [2.24, 2.45) is 5.73 Å². The number of carbonyl (C=O) groups excluding carboxylic acids is 1. The van der Waals surface area contributed by atoms with Crippen LogP contribution in [0.1, 0.15) is 39.0 Å². The van der Waals surface area contributed by atoms with E-state index in [-0.39, 0.29) is 12.0 Å². The molecule has 0 aliphatic heterocycles. The minimum absolute atomic E-state index is 0.187. The summed E-state index contributed by atoms with van der Waals surface area (Å²) in [5, 5.41) is 0. The molecule has 0 amide bonds. The number of thiophene rings is 1. The van der Waals surface area contributed by atoms with E-state index < -0.39 is 0 Å². The fraction of sp³-hybridized carbons (Fsp3) is 0.583. The number of nitrogens with two attached hydrogens (primary N) is 1. The number of aryl methyl sites for hydroxylation is 1. The van der Waals surface area contributed by atoms with Gasteiger partial charge in [-0.15, -0.1) is 11.3 Å². The molecule has 16 heavy (non-hydrogen) atoms. The maximum absolute atomic E-state index is 11.7. The van der Waals surface area contributed by atoms with Gasteiger partial charge in [0.05, 0.1) is 6.61 Å². The maximum Gasteiger partial charge on any atom is 0.348 e. The Hall–Kier alpha value is -0.870. The molecule has 88 valence electrons. The third-order valence-electron chi connectivity index (χ3n) is 3.02. The number of hydrogen-bond donors (Lipinski definition) is 1. The largest absolute Gasteiger partial charge is 0.462 e. The molecule has 1 atom stereocenters. The van der Waals surface area contributed by atoms with Gasteiger partial charge in [-0.25, -0.2) is 4.79 Å². The van der Waals surface area contributed by atoms with Crippen molar-refractivity contribution in [3.05, 3.63) is 20.9 Å². The topological polar surface area (TPSA) is 52.3 Å². The van der Waals surface area contributed by atoms with E-state index in [4.69, 9.17) is 10.5 Å². The highest BCUT2D eigenvalue weighted by Crippen LogP contribution is 2.33. The highest BCUT2D eigenvalue weighted by atomic mass is 32.1. The molecule has 1 heterocycles. The number of esters is 1. The van der Waals surface area contributed by atoms with Gasteiger partial charge in [-0.05, 0) is 44.2 Å². The monoisotopic (exact) mass is 239 g/mol. The van der Waals surface area contributed by atoms with Crippen molar-refractivity contribution in [2.45, 2.75) is 39.2 Å². The quantitative estimate of drug-likeness (QED) is 0.804. The Morgan fingerprint density at radius 3 is 3.06 bits per heavy atom. The predicted molar refractivity (Wildman–Crippen MR) is 65.0 cm³/mol. The Balaban J connectivity index is 2.32. The lowest BCUT2D eigenvalue weighted by molar-refractivity contribution is 0.0531. The highest BCUT2D eigenvalue weighted by molar-refractivity contribution is 7.14. The predicted octanol–water partition coefficient (Wildman–Crippen LogP) is 2.05. The van der Waals surface area contributed by atoms with Crippen LogP contribution in [-0.4, -0.2) is 18.6 Å². The van der Waals surface area contributed by atoms with Crippen LogP contribution in [0.4, 0.5) is 0 Å². The molecular weight excluding hydrogens is 222 g/mol. The lowest BCUT2D eigenvalue weighted by Crippen LogP contribution is -2.27. The molecule has 0 bridgehead atoms. The van der Waals surface area contributed by atoms with E-state index in [1.807, 2.05) is 13.8 Å². The van der Waals surface area contributed by atoms with Crippen molar-refractivity contribution in [3.8, 4) is 0 Å². The molecule has 0 saturated carbocycles. The van der Waals surface area contributed by atoms with E-state index in [2.05, 4.69) is 0 Å². The van der Waals surface area contributed by atoms with Crippen LogP contribution in [0.15, 0.2) is 0 Å². The first-order valence-electron chi connectivity index (χ1n) is 5.67. The molecule has 1 aliphatic rings. The van der Waals surface area contributed by atoms with Gasteiger partial charge in [0, 0.05) is 10.9 Å². The molecule has 0 spiro atoms. The second-order valence-electron chi connectivity index (χ2n) is 4.18. The van der Waals surface area contributed by atoms with Gasteiger partial charge in [-0.1, -0.05) is 0 Å². The van der Waals surface area contributed by atoms with E-state index in [0.29, 0.717) is 6.61 Å². The van der Waals surface area contributed by atoms with Crippen molar-refractivity contribution in [1.29, 1.82) is 0 Å². The summed E-state index contributed by atoms with van der Waals surface area (Å²) in [4.78, 5) is 13.8. The second kappa shape index (κ2) is 4.55. The standard InChI is InChI=1S/C12H17NO2S/c1-3-15-12(14)11-7(2)9-6-8(13)4-5-10(9)16-11/h8H,3-6,13H2,1-2H3. The Kier molecular flexibility index (Phi) is 3.30. The fourth-order valence-electron chi connectivity index (χ4n) is 2.15. The van der Waals surface area contributed by atoms with Gasteiger partial charge in [0.1, 0.15) is 4.88 Å². The summed E-state index contributed by atoms with van der Waals surface area (Å²) >= 11 is 1.58. The van der Waals surface area contributed by atoms with Gasteiger partial charge < -0.3 is 10.5 Å². The SMILES string of the molecule is CCOC(=O)c1sc2c(c1C)CC(N)CC2. The smallest absolute Gasteiger partial charge is 0.348 e. The summed E-state index contributed by atoms with van der Waals surface area (Å²) in [6, 6.07) is 0.246. The average molecular weight is 239 g/mol. The molecule has 1 aromatic rings.